The van der Waals surface area contributed by atoms with Crippen LogP contribution in [0.25, 0.3) is 0 Å². The normalized spacial score (nSPS) is 19.0. The highest BCUT2D eigenvalue weighted by Crippen LogP contribution is 2.26. The number of likely N-dealkylation sites (tertiary alicyclic amines) is 2. The Balaban J connectivity index is 2.33. The molecule has 0 unspecified atom stereocenters. The molecule has 2 heterocycles. The number of hydrogen-bond acceptors (Lipinski definition) is 13. The third-order valence-electron chi connectivity index (χ3n) is 11.4. The second-order valence-electron chi connectivity index (χ2n) is 17.4. The summed E-state index contributed by atoms with van der Waals surface area (Å²) < 4.78 is 0. The molecule has 0 aliphatic carbocycles. The number of carbonyl (C=O) groups is 9. The zero-order valence-electron chi connectivity index (χ0n) is 38.2. The summed E-state index contributed by atoms with van der Waals surface area (Å²) in [4.78, 5) is 123. The summed E-state index contributed by atoms with van der Waals surface area (Å²) in [5, 5.41) is 23.0. The Morgan fingerprint density at radius 1 is 0.672 bits per heavy atom. The molecule has 2 saturated heterocycles. The van der Waals surface area contributed by atoms with Crippen LogP contribution in [-0.2, 0) is 43.2 Å². The van der Waals surface area contributed by atoms with E-state index in [4.69, 9.17) is 22.9 Å². The summed E-state index contributed by atoms with van der Waals surface area (Å²) in [6.45, 7) is 8.04. The predicted octanol–water partition coefficient (Wildman–Crippen LogP) is -1.61. The molecule has 8 amide bonds. The van der Waals surface area contributed by atoms with E-state index in [2.05, 4.69) is 26.6 Å². The lowest BCUT2D eigenvalue weighted by atomic mass is 10.0. The Hall–Kier alpha value is -4.54. The van der Waals surface area contributed by atoms with Crippen molar-refractivity contribution >= 4 is 65.0 Å². The first-order chi connectivity index (χ1) is 30.3. The van der Waals surface area contributed by atoms with Crippen molar-refractivity contribution in [3.63, 3.8) is 0 Å². The minimum Gasteiger partial charge on any atom is -0.480 e. The van der Waals surface area contributed by atoms with Crippen molar-refractivity contribution in [1.29, 1.82) is 0 Å². The molecule has 2 rings (SSSR count). The SMILES string of the molecule is CSCC[C@H](N)C(=O)N[C@H](C(=O)N[C@@H](CCCCN)C(=O)N[C@@H](CCCCN)C(=O)N[C@@H](CC(N)=O)C(=O)N1CCC[C@H]1C(=O)N1CCC[C@H]1C(=O)N[C@@H](CC(C)C)C(=O)O)C(C)C. The van der Waals surface area contributed by atoms with E-state index >= 15 is 0 Å². The van der Waals surface area contributed by atoms with Gasteiger partial charge in [-0.3, -0.25) is 38.4 Å². The maximum atomic E-state index is 14.2. The molecule has 0 aromatic rings. The van der Waals surface area contributed by atoms with Crippen molar-refractivity contribution in [2.24, 2.45) is 34.8 Å². The molecule has 22 heteroatoms. The van der Waals surface area contributed by atoms with E-state index in [0.29, 0.717) is 63.7 Å². The molecular formula is C42H75N11O10S. The van der Waals surface area contributed by atoms with Gasteiger partial charge in [0.15, 0.2) is 0 Å². The van der Waals surface area contributed by atoms with Crippen molar-refractivity contribution in [2.45, 2.75) is 160 Å². The van der Waals surface area contributed by atoms with Crippen molar-refractivity contribution in [3.8, 4) is 0 Å². The van der Waals surface area contributed by atoms with Crippen LogP contribution in [0.5, 0.6) is 0 Å². The fourth-order valence-corrected chi connectivity index (χ4v) is 8.33. The summed E-state index contributed by atoms with van der Waals surface area (Å²) in [5.41, 5.74) is 23.1. The first kappa shape index (κ1) is 55.6. The molecule has 14 N–H and O–H groups in total. The zero-order chi connectivity index (χ0) is 48.1. The van der Waals surface area contributed by atoms with Crippen LogP contribution >= 0.6 is 11.8 Å². The monoisotopic (exact) mass is 926 g/mol. The molecule has 0 saturated carbocycles. The Morgan fingerprint density at radius 3 is 1.70 bits per heavy atom. The molecule has 0 radical (unpaired) electrons. The zero-order valence-corrected chi connectivity index (χ0v) is 39.1. The lowest BCUT2D eigenvalue weighted by Gasteiger charge is -2.33. The molecule has 0 spiro atoms. The number of aliphatic carboxylic acids is 1. The van der Waals surface area contributed by atoms with Crippen LogP contribution in [0.15, 0.2) is 0 Å². The average molecular weight is 926 g/mol. The standard InChI is InChI=1S/C42H75N11O10S/c1-24(2)22-30(42(62)63)50-38(58)31-14-10-19-52(31)41(61)32-15-11-20-53(32)40(60)29(23-33(46)54)49-37(57)27(12-6-8-17-43)47-36(56)28(13-7-9-18-44)48-39(59)34(25(3)4)51-35(55)26(45)16-21-64-5/h24-32,34H,6-23,43-45H2,1-5H3,(H2,46,54)(H,47,56)(H,48,59)(H,49,57)(H,50,58)(H,51,55)(H,62,63)/t26-,27-,28-,29-,30-,31-,32-,34-/m0/s1. The number of unbranched alkanes of at least 4 members (excludes halogenated alkanes) is 2. The number of thioether (sulfide) groups is 1. The van der Waals surface area contributed by atoms with Crippen LogP contribution in [0.1, 0.15) is 111 Å². The number of nitrogens with one attached hydrogen (secondary N) is 5. The fourth-order valence-electron chi connectivity index (χ4n) is 7.84. The van der Waals surface area contributed by atoms with Crippen LogP contribution in [0.3, 0.4) is 0 Å². The van der Waals surface area contributed by atoms with Gasteiger partial charge in [0.2, 0.25) is 47.3 Å². The molecule has 21 nitrogen and oxygen atoms in total. The molecule has 2 aliphatic heterocycles. The highest BCUT2D eigenvalue weighted by atomic mass is 32.2. The van der Waals surface area contributed by atoms with Crippen molar-refractivity contribution in [3.05, 3.63) is 0 Å². The number of carboxylic acids is 1. The largest absolute Gasteiger partial charge is 0.480 e. The van der Waals surface area contributed by atoms with Crippen LogP contribution < -0.4 is 49.5 Å². The smallest absolute Gasteiger partial charge is 0.326 e. The third kappa shape index (κ3) is 17.8. The number of nitrogens with two attached hydrogens (primary N) is 4. The number of carbonyl (C=O) groups excluding carboxylic acids is 8. The quantitative estimate of drug-likeness (QED) is 0.0378. The third-order valence-corrected chi connectivity index (χ3v) is 12.0. The lowest BCUT2D eigenvalue weighted by molar-refractivity contribution is -0.149. The van der Waals surface area contributed by atoms with E-state index in [1.54, 1.807) is 13.8 Å². The lowest BCUT2D eigenvalue weighted by Crippen LogP contribution is -2.60. The van der Waals surface area contributed by atoms with Gasteiger partial charge in [-0.2, -0.15) is 11.8 Å². The van der Waals surface area contributed by atoms with Gasteiger partial charge in [0.05, 0.1) is 12.5 Å². The van der Waals surface area contributed by atoms with Gasteiger partial charge < -0.3 is 64.4 Å². The minimum absolute atomic E-state index is 0.0209. The van der Waals surface area contributed by atoms with Gasteiger partial charge in [-0.05, 0) is 114 Å². The number of carboxylic acid groups (broad SMARTS) is 1. The van der Waals surface area contributed by atoms with Gasteiger partial charge in [-0.25, -0.2) is 4.79 Å². The maximum absolute atomic E-state index is 14.2. The van der Waals surface area contributed by atoms with E-state index < -0.39 is 108 Å². The second kappa shape index (κ2) is 28.4. The number of hydrogen-bond donors (Lipinski definition) is 10. The predicted molar refractivity (Wildman–Crippen MR) is 242 cm³/mol. The molecule has 64 heavy (non-hydrogen) atoms. The highest BCUT2D eigenvalue weighted by Gasteiger charge is 2.44. The van der Waals surface area contributed by atoms with Crippen molar-refractivity contribution < 1.29 is 48.3 Å². The molecule has 0 aromatic heterocycles. The van der Waals surface area contributed by atoms with E-state index in [1.165, 1.54) is 21.6 Å². The van der Waals surface area contributed by atoms with Crippen LogP contribution in [-0.4, -0.2) is 155 Å². The molecule has 0 bridgehead atoms. The van der Waals surface area contributed by atoms with Crippen LogP contribution in [0.2, 0.25) is 0 Å². The summed E-state index contributed by atoms with van der Waals surface area (Å²) in [6, 6.07) is -8.97. The Kier molecular flexibility index (Phi) is 24.7. The van der Waals surface area contributed by atoms with E-state index in [9.17, 15) is 48.3 Å². The Morgan fingerprint density at radius 2 is 1.20 bits per heavy atom. The minimum atomic E-state index is -1.53. The van der Waals surface area contributed by atoms with Gasteiger partial charge >= 0.3 is 5.97 Å². The highest BCUT2D eigenvalue weighted by molar-refractivity contribution is 7.98. The summed E-state index contributed by atoms with van der Waals surface area (Å²) in [7, 11) is 0. The average Bonchev–Trinajstić information content (AvgIpc) is 3.94. The topological polar surface area (TPSA) is 345 Å². The summed E-state index contributed by atoms with van der Waals surface area (Å²) in [5.74, 6) is -6.43. The van der Waals surface area contributed by atoms with Crippen molar-refractivity contribution in [2.75, 3.05) is 38.2 Å². The van der Waals surface area contributed by atoms with Crippen LogP contribution in [0, 0.1) is 11.8 Å². The van der Waals surface area contributed by atoms with Gasteiger partial charge in [-0.1, -0.05) is 27.7 Å². The van der Waals surface area contributed by atoms with E-state index in [-0.39, 0.29) is 57.2 Å². The molecule has 0 aromatic carbocycles. The number of amides is 8. The molecule has 8 atom stereocenters. The van der Waals surface area contributed by atoms with Gasteiger partial charge in [-0.15, -0.1) is 0 Å². The Labute approximate surface area is 381 Å². The summed E-state index contributed by atoms with van der Waals surface area (Å²) >= 11 is 1.53. The Bertz CT molecular complexity index is 1600. The summed E-state index contributed by atoms with van der Waals surface area (Å²) in [6.07, 6.45) is 5.29. The van der Waals surface area contributed by atoms with Gasteiger partial charge in [0.25, 0.3) is 0 Å². The maximum Gasteiger partial charge on any atom is 0.326 e. The van der Waals surface area contributed by atoms with Gasteiger partial charge in [0, 0.05) is 13.1 Å². The number of nitrogens with zero attached hydrogens (tertiary/aromatic N) is 2. The second-order valence-corrected chi connectivity index (χ2v) is 18.4. The number of rotatable bonds is 29. The first-order valence-corrected chi connectivity index (χ1v) is 24.0. The molecule has 2 aliphatic rings. The molecular weight excluding hydrogens is 851 g/mol. The van der Waals surface area contributed by atoms with E-state index in [1.807, 2.05) is 20.1 Å². The van der Waals surface area contributed by atoms with E-state index in [0.717, 1.165) is 0 Å². The van der Waals surface area contributed by atoms with Crippen LogP contribution in [0.4, 0.5) is 0 Å². The molecule has 364 valence electrons. The molecule has 2 fully saturated rings. The first-order valence-electron chi connectivity index (χ1n) is 22.6. The fraction of sp³-hybridized carbons (Fsp3) is 0.786. The number of primary amides is 1. The van der Waals surface area contributed by atoms with Gasteiger partial charge in [0.1, 0.15) is 42.3 Å². The van der Waals surface area contributed by atoms with Crippen molar-refractivity contribution in [1.82, 2.24) is 36.4 Å².